The van der Waals surface area contributed by atoms with E-state index >= 15 is 0 Å². The van der Waals surface area contributed by atoms with Crippen LogP contribution in [0.5, 0.6) is 0 Å². The standard InChI is InChI=1S/C17H19FN4OS/c1-4-9-19-15(23)14-10-13-16(24-14)22(17(20-13)21(2)3)12-7-5-11(18)6-8-12/h5-8,10H,4,9H2,1-3H3,(H,19,23). The van der Waals surface area contributed by atoms with Gasteiger partial charge >= 0.3 is 0 Å². The molecule has 1 N–H and O–H groups in total. The quantitative estimate of drug-likeness (QED) is 0.770. The molecule has 0 aliphatic heterocycles. The van der Waals surface area contributed by atoms with E-state index in [1.54, 1.807) is 18.2 Å². The summed E-state index contributed by atoms with van der Waals surface area (Å²) in [6, 6.07) is 8.06. The number of halogens is 1. The van der Waals surface area contributed by atoms with Crippen molar-refractivity contribution in [3.8, 4) is 5.69 Å². The minimum absolute atomic E-state index is 0.0862. The van der Waals surface area contributed by atoms with Gasteiger partial charge in [0, 0.05) is 20.6 Å². The van der Waals surface area contributed by atoms with Crippen LogP contribution in [0, 0.1) is 5.82 Å². The first-order chi connectivity index (χ1) is 11.5. The highest BCUT2D eigenvalue weighted by Gasteiger charge is 2.19. The fraction of sp³-hybridized carbons (Fsp3) is 0.294. The third-order valence-electron chi connectivity index (χ3n) is 3.56. The number of nitrogens with zero attached hydrogens (tertiary/aromatic N) is 3. The Hall–Kier alpha value is -2.41. The van der Waals surface area contributed by atoms with Gasteiger partial charge in [-0.25, -0.2) is 9.37 Å². The Bertz CT molecular complexity index is 867. The molecule has 0 aliphatic carbocycles. The van der Waals surface area contributed by atoms with Gasteiger partial charge in [0.2, 0.25) is 5.95 Å². The Balaban J connectivity index is 2.10. The maximum atomic E-state index is 13.2. The number of rotatable bonds is 5. The minimum atomic E-state index is -0.285. The number of carbonyl (C=O) groups excluding carboxylic acids is 1. The van der Waals surface area contributed by atoms with Crippen molar-refractivity contribution in [2.45, 2.75) is 13.3 Å². The van der Waals surface area contributed by atoms with Gasteiger partial charge in [-0.15, -0.1) is 11.3 Å². The van der Waals surface area contributed by atoms with Crippen molar-refractivity contribution in [1.29, 1.82) is 0 Å². The maximum Gasteiger partial charge on any atom is 0.261 e. The second kappa shape index (κ2) is 6.60. The lowest BCUT2D eigenvalue weighted by Gasteiger charge is -2.14. The molecule has 1 aromatic carbocycles. The monoisotopic (exact) mass is 346 g/mol. The second-order valence-corrected chi connectivity index (χ2v) is 6.71. The van der Waals surface area contributed by atoms with Gasteiger partial charge < -0.3 is 10.2 Å². The molecule has 3 rings (SSSR count). The van der Waals surface area contributed by atoms with E-state index in [1.807, 2.05) is 30.5 Å². The van der Waals surface area contributed by atoms with Gasteiger partial charge in [0.05, 0.1) is 10.6 Å². The van der Waals surface area contributed by atoms with Gasteiger partial charge in [-0.1, -0.05) is 6.92 Å². The van der Waals surface area contributed by atoms with E-state index in [-0.39, 0.29) is 11.7 Å². The van der Waals surface area contributed by atoms with E-state index in [0.717, 1.165) is 28.4 Å². The Morgan fingerprint density at radius 3 is 2.67 bits per heavy atom. The number of anilines is 1. The zero-order valence-electron chi connectivity index (χ0n) is 13.8. The summed E-state index contributed by atoms with van der Waals surface area (Å²) in [4.78, 5) is 20.2. The molecular weight excluding hydrogens is 327 g/mol. The smallest absolute Gasteiger partial charge is 0.261 e. The van der Waals surface area contributed by atoms with Crippen LogP contribution in [0.25, 0.3) is 16.0 Å². The third-order valence-corrected chi connectivity index (χ3v) is 4.67. The fourth-order valence-electron chi connectivity index (χ4n) is 2.42. The number of thiophene rings is 1. The lowest BCUT2D eigenvalue weighted by molar-refractivity contribution is 0.0958. The van der Waals surface area contributed by atoms with E-state index < -0.39 is 0 Å². The van der Waals surface area contributed by atoms with Crippen molar-refractivity contribution in [2.24, 2.45) is 0 Å². The fourth-order valence-corrected chi connectivity index (χ4v) is 3.45. The van der Waals surface area contributed by atoms with Crippen molar-refractivity contribution < 1.29 is 9.18 Å². The van der Waals surface area contributed by atoms with Gasteiger partial charge in [-0.2, -0.15) is 0 Å². The molecule has 0 aliphatic rings. The van der Waals surface area contributed by atoms with Crippen molar-refractivity contribution >= 4 is 33.5 Å². The Morgan fingerprint density at radius 2 is 2.04 bits per heavy atom. The summed E-state index contributed by atoms with van der Waals surface area (Å²) in [7, 11) is 3.81. The van der Waals surface area contributed by atoms with Crippen molar-refractivity contribution in [3.05, 3.63) is 41.0 Å². The predicted octanol–water partition coefficient (Wildman–Crippen LogP) is 3.43. The van der Waals surface area contributed by atoms with E-state index in [2.05, 4.69) is 10.3 Å². The van der Waals surface area contributed by atoms with Crippen LogP contribution in [-0.2, 0) is 0 Å². The summed E-state index contributed by atoms with van der Waals surface area (Å²) in [5.41, 5.74) is 1.57. The lowest BCUT2D eigenvalue weighted by Crippen LogP contribution is -2.22. The minimum Gasteiger partial charge on any atom is -0.351 e. The molecule has 126 valence electrons. The number of amides is 1. The summed E-state index contributed by atoms with van der Waals surface area (Å²) < 4.78 is 15.2. The number of fused-ring (bicyclic) bond motifs is 1. The molecule has 7 heteroatoms. The Kier molecular flexibility index (Phi) is 4.53. The molecule has 0 bridgehead atoms. The highest BCUT2D eigenvalue weighted by molar-refractivity contribution is 7.20. The molecular formula is C17H19FN4OS. The van der Waals surface area contributed by atoms with Gasteiger partial charge in [-0.3, -0.25) is 9.36 Å². The zero-order valence-corrected chi connectivity index (χ0v) is 14.7. The van der Waals surface area contributed by atoms with Crippen molar-refractivity contribution in [2.75, 3.05) is 25.5 Å². The highest BCUT2D eigenvalue weighted by Crippen LogP contribution is 2.32. The average Bonchev–Trinajstić information content (AvgIpc) is 3.11. The molecule has 0 spiro atoms. The maximum absolute atomic E-state index is 13.2. The SMILES string of the molecule is CCCNC(=O)c1cc2nc(N(C)C)n(-c3ccc(F)cc3)c2s1. The molecule has 0 atom stereocenters. The first-order valence-corrected chi connectivity index (χ1v) is 8.56. The average molecular weight is 346 g/mol. The lowest BCUT2D eigenvalue weighted by atomic mass is 10.3. The largest absolute Gasteiger partial charge is 0.351 e. The number of carbonyl (C=O) groups is 1. The van der Waals surface area contributed by atoms with Crippen molar-refractivity contribution in [1.82, 2.24) is 14.9 Å². The highest BCUT2D eigenvalue weighted by atomic mass is 32.1. The number of imidazole rings is 1. The molecule has 24 heavy (non-hydrogen) atoms. The predicted molar refractivity (Wildman–Crippen MR) is 95.9 cm³/mol. The normalized spacial score (nSPS) is 11.0. The van der Waals surface area contributed by atoms with Crippen LogP contribution in [0.15, 0.2) is 30.3 Å². The number of benzene rings is 1. The third kappa shape index (κ3) is 2.99. The Morgan fingerprint density at radius 1 is 1.33 bits per heavy atom. The van der Waals surface area contributed by atoms with Crippen LogP contribution >= 0.6 is 11.3 Å². The van der Waals surface area contributed by atoms with Crippen LogP contribution in [0.3, 0.4) is 0 Å². The first-order valence-electron chi connectivity index (χ1n) is 7.75. The topological polar surface area (TPSA) is 50.2 Å². The summed E-state index contributed by atoms with van der Waals surface area (Å²) in [6.45, 7) is 2.66. The molecule has 3 aromatic rings. The van der Waals surface area contributed by atoms with Gasteiger partial charge in [0.1, 0.15) is 16.2 Å². The summed E-state index contributed by atoms with van der Waals surface area (Å²) in [5.74, 6) is 0.368. The molecule has 0 fully saturated rings. The van der Waals surface area contributed by atoms with Crippen LogP contribution in [0.2, 0.25) is 0 Å². The van der Waals surface area contributed by atoms with E-state index in [0.29, 0.717) is 11.4 Å². The van der Waals surface area contributed by atoms with E-state index in [4.69, 9.17) is 0 Å². The van der Waals surface area contributed by atoms with Gasteiger partial charge in [0.15, 0.2) is 0 Å². The second-order valence-electron chi connectivity index (χ2n) is 5.68. The Labute approximate surface area is 143 Å². The first kappa shape index (κ1) is 16.4. The van der Waals surface area contributed by atoms with Gasteiger partial charge in [-0.05, 0) is 36.8 Å². The van der Waals surface area contributed by atoms with E-state index in [1.165, 1.54) is 23.5 Å². The number of hydrogen-bond acceptors (Lipinski definition) is 4. The zero-order chi connectivity index (χ0) is 17.3. The van der Waals surface area contributed by atoms with Gasteiger partial charge in [0.25, 0.3) is 5.91 Å². The summed E-state index contributed by atoms with van der Waals surface area (Å²) >= 11 is 1.39. The van der Waals surface area contributed by atoms with E-state index in [9.17, 15) is 9.18 Å². The van der Waals surface area contributed by atoms with Crippen LogP contribution in [0.1, 0.15) is 23.0 Å². The number of nitrogens with one attached hydrogen (secondary N) is 1. The van der Waals surface area contributed by atoms with Crippen LogP contribution < -0.4 is 10.2 Å². The number of aromatic nitrogens is 2. The summed E-state index contributed by atoms with van der Waals surface area (Å²) in [5, 5.41) is 2.88. The van der Waals surface area contributed by atoms with Crippen LogP contribution in [0.4, 0.5) is 10.3 Å². The summed E-state index contributed by atoms with van der Waals surface area (Å²) in [6.07, 6.45) is 0.890. The van der Waals surface area contributed by atoms with Crippen molar-refractivity contribution in [3.63, 3.8) is 0 Å². The molecule has 0 saturated carbocycles. The molecule has 5 nitrogen and oxygen atoms in total. The molecule has 2 heterocycles. The molecule has 0 radical (unpaired) electrons. The molecule has 2 aromatic heterocycles. The molecule has 0 unspecified atom stereocenters. The number of hydrogen-bond donors (Lipinski definition) is 1. The molecule has 0 saturated heterocycles. The van der Waals surface area contributed by atoms with Crippen LogP contribution in [-0.4, -0.2) is 36.1 Å². The molecule has 1 amide bonds.